The van der Waals surface area contributed by atoms with E-state index in [1.165, 1.54) is 0 Å². The van der Waals surface area contributed by atoms with Crippen molar-refractivity contribution in [3.05, 3.63) is 18.2 Å². The third kappa shape index (κ3) is 3.37. The van der Waals surface area contributed by atoms with Gasteiger partial charge in [-0.05, 0) is 18.2 Å². The van der Waals surface area contributed by atoms with E-state index < -0.39 is 59.7 Å². The molecule has 12 nitrogen and oxygen atoms in total. The molecular weight excluding hydrogens is 372 g/mol. The molecule has 24 heavy (non-hydrogen) atoms. The van der Waals surface area contributed by atoms with Gasteiger partial charge in [0.15, 0.2) is 5.71 Å². The van der Waals surface area contributed by atoms with Crippen LogP contribution < -0.4 is 5.01 Å². The van der Waals surface area contributed by atoms with Crippen LogP contribution in [0.1, 0.15) is 6.42 Å². The van der Waals surface area contributed by atoms with Crippen LogP contribution in [0.3, 0.4) is 0 Å². The largest absolute Gasteiger partial charge is 0.477 e. The average molecular weight is 382 g/mol. The van der Waals surface area contributed by atoms with Gasteiger partial charge in [0.1, 0.15) is 4.90 Å². The maximum Gasteiger partial charge on any atom is 0.352 e. The molecule has 1 aliphatic heterocycles. The first kappa shape index (κ1) is 18.2. The Balaban J connectivity index is 2.78. The first-order chi connectivity index (χ1) is 10.7. The Morgan fingerprint density at radius 3 is 2.12 bits per heavy atom. The van der Waals surface area contributed by atoms with E-state index in [1.807, 2.05) is 0 Å². The zero-order valence-electron chi connectivity index (χ0n) is 11.4. The lowest BCUT2D eigenvalue weighted by Crippen LogP contribution is -2.43. The SMILES string of the molecule is O=C(O)C1=NN(c2cc(S(=O)(=O)O)ccc2S(=O)(=O)O)C(O)(O)C1. The van der Waals surface area contributed by atoms with E-state index in [0.717, 1.165) is 0 Å². The number of anilines is 1. The number of aliphatic hydroxyl groups is 2. The minimum absolute atomic E-state index is 0.105. The summed E-state index contributed by atoms with van der Waals surface area (Å²) in [5.41, 5.74) is -1.63. The zero-order valence-corrected chi connectivity index (χ0v) is 13.1. The van der Waals surface area contributed by atoms with Gasteiger partial charge in [-0.15, -0.1) is 0 Å². The van der Waals surface area contributed by atoms with Gasteiger partial charge in [0.2, 0.25) is 0 Å². The van der Waals surface area contributed by atoms with Gasteiger partial charge in [-0.2, -0.15) is 21.9 Å². The molecule has 0 radical (unpaired) electrons. The molecule has 0 saturated heterocycles. The Morgan fingerprint density at radius 2 is 1.71 bits per heavy atom. The predicted molar refractivity (Wildman–Crippen MR) is 75.4 cm³/mol. The van der Waals surface area contributed by atoms with Crippen LogP contribution in [0.2, 0.25) is 0 Å². The van der Waals surface area contributed by atoms with Gasteiger partial charge in [-0.3, -0.25) is 9.11 Å². The summed E-state index contributed by atoms with van der Waals surface area (Å²) in [6.07, 6.45) is -0.941. The second-order valence-corrected chi connectivity index (χ2v) is 7.51. The van der Waals surface area contributed by atoms with Crippen LogP contribution in [0.15, 0.2) is 33.1 Å². The summed E-state index contributed by atoms with van der Waals surface area (Å²) in [5.74, 6) is -4.64. The monoisotopic (exact) mass is 382 g/mol. The van der Waals surface area contributed by atoms with Crippen molar-refractivity contribution in [1.82, 2.24) is 0 Å². The van der Waals surface area contributed by atoms with Crippen LogP contribution in [-0.2, 0) is 25.0 Å². The molecule has 0 unspecified atom stereocenters. The second-order valence-electron chi connectivity index (χ2n) is 4.69. The number of rotatable bonds is 4. The number of hydrazone groups is 1. The molecule has 0 fully saturated rings. The van der Waals surface area contributed by atoms with E-state index >= 15 is 0 Å². The molecule has 0 bridgehead atoms. The zero-order chi connectivity index (χ0) is 18.5. The van der Waals surface area contributed by atoms with E-state index in [-0.39, 0.29) is 5.01 Å². The molecular formula is C10H10N2O10S2. The fraction of sp³-hybridized carbons (Fsp3) is 0.200. The minimum Gasteiger partial charge on any atom is -0.477 e. The van der Waals surface area contributed by atoms with Gasteiger partial charge in [0.05, 0.1) is 17.0 Å². The highest BCUT2D eigenvalue weighted by atomic mass is 32.2. The summed E-state index contributed by atoms with van der Waals surface area (Å²) in [7, 11) is -9.79. The second kappa shape index (κ2) is 5.47. The van der Waals surface area contributed by atoms with E-state index in [9.17, 15) is 36.4 Å². The van der Waals surface area contributed by atoms with E-state index in [0.29, 0.717) is 18.2 Å². The molecule has 1 aliphatic rings. The Bertz CT molecular complexity index is 948. The van der Waals surface area contributed by atoms with Crippen molar-refractivity contribution in [3.8, 4) is 0 Å². The number of benzene rings is 1. The molecule has 5 N–H and O–H groups in total. The molecule has 0 spiro atoms. The quantitative estimate of drug-likeness (QED) is 0.298. The lowest BCUT2D eigenvalue weighted by Gasteiger charge is -2.28. The van der Waals surface area contributed by atoms with Gasteiger partial charge >= 0.3 is 5.97 Å². The van der Waals surface area contributed by atoms with Crippen molar-refractivity contribution in [2.75, 3.05) is 5.01 Å². The predicted octanol–water partition coefficient (Wildman–Crippen LogP) is -1.53. The number of carboxylic acids is 1. The number of nitrogens with zero attached hydrogens (tertiary/aromatic N) is 2. The third-order valence-corrected chi connectivity index (χ3v) is 4.70. The highest BCUT2D eigenvalue weighted by Crippen LogP contribution is 2.35. The smallest absolute Gasteiger partial charge is 0.352 e. The Labute approximate surface area is 134 Å². The van der Waals surface area contributed by atoms with E-state index in [1.54, 1.807) is 0 Å². The third-order valence-electron chi connectivity index (χ3n) is 2.95. The summed E-state index contributed by atoms with van der Waals surface area (Å²) in [6, 6.07) is 1.68. The molecule has 0 atom stereocenters. The Morgan fingerprint density at radius 1 is 1.12 bits per heavy atom. The first-order valence-corrected chi connectivity index (χ1v) is 8.76. The molecule has 1 aromatic rings. The van der Waals surface area contributed by atoms with Crippen molar-refractivity contribution in [2.24, 2.45) is 5.10 Å². The number of carbonyl (C=O) groups is 1. The fourth-order valence-corrected chi connectivity index (χ4v) is 3.09. The number of hydrogen-bond acceptors (Lipinski definition) is 9. The molecule has 0 aliphatic carbocycles. The molecule has 0 aromatic heterocycles. The Kier molecular flexibility index (Phi) is 4.16. The first-order valence-electron chi connectivity index (χ1n) is 5.88. The van der Waals surface area contributed by atoms with Crippen LogP contribution in [0.5, 0.6) is 0 Å². The summed E-state index contributed by atoms with van der Waals surface area (Å²) >= 11 is 0. The van der Waals surface area contributed by atoms with E-state index in [4.69, 9.17) is 9.66 Å². The van der Waals surface area contributed by atoms with Crippen LogP contribution >= 0.6 is 0 Å². The van der Waals surface area contributed by atoms with Crippen LogP contribution in [0.25, 0.3) is 0 Å². The lowest BCUT2D eigenvalue weighted by atomic mass is 10.2. The number of hydrogen-bond donors (Lipinski definition) is 5. The van der Waals surface area contributed by atoms with Crippen molar-refractivity contribution in [2.45, 2.75) is 22.1 Å². The molecule has 14 heteroatoms. The van der Waals surface area contributed by atoms with Crippen molar-refractivity contribution in [3.63, 3.8) is 0 Å². The fourth-order valence-electron chi connectivity index (χ4n) is 1.94. The van der Waals surface area contributed by atoms with E-state index in [2.05, 4.69) is 5.10 Å². The molecule has 1 heterocycles. The normalized spacial score (nSPS) is 17.7. The van der Waals surface area contributed by atoms with Gasteiger partial charge in [0.25, 0.3) is 26.1 Å². The van der Waals surface area contributed by atoms with Crippen LogP contribution in [0.4, 0.5) is 5.69 Å². The summed E-state index contributed by atoms with van der Waals surface area (Å²) in [6.45, 7) is 0. The summed E-state index contributed by atoms with van der Waals surface area (Å²) in [5, 5.41) is 31.9. The van der Waals surface area contributed by atoms with Crippen LogP contribution in [0, 0.1) is 0 Å². The molecule has 0 amide bonds. The Hall–Kier alpha value is -2.10. The van der Waals surface area contributed by atoms with Gasteiger partial charge < -0.3 is 15.3 Å². The standard InChI is InChI=1S/C10H10N2O10S2/c13-9(14)6-4-10(15,16)12(11-6)7-3-5(23(17,18)19)1-2-8(7)24(20,21)22/h1-3,15-16H,4H2,(H,13,14)(H,17,18,19)(H,20,21,22). The van der Waals surface area contributed by atoms with Gasteiger partial charge in [-0.1, -0.05) is 0 Å². The molecule has 1 aromatic carbocycles. The van der Waals surface area contributed by atoms with Crippen molar-refractivity contribution >= 4 is 37.6 Å². The van der Waals surface area contributed by atoms with Crippen molar-refractivity contribution in [1.29, 1.82) is 0 Å². The molecule has 0 saturated carbocycles. The number of aliphatic carboxylic acids is 1. The summed E-state index contributed by atoms with van der Waals surface area (Å²) < 4.78 is 63.3. The maximum absolute atomic E-state index is 11.4. The average Bonchev–Trinajstić information content (AvgIpc) is 2.72. The minimum atomic E-state index is -4.98. The highest BCUT2D eigenvalue weighted by Gasteiger charge is 2.44. The molecule has 2 rings (SSSR count). The van der Waals surface area contributed by atoms with Gasteiger partial charge in [0, 0.05) is 0 Å². The highest BCUT2D eigenvalue weighted by molar-refractivity contribution is 7.86. The maximum atomic E-state index is 11.4. The molecule has 132 valence electrons. The topological polar surface area (TPSA) is 202 Å². The van der Waals surface area contributed by atoms with Crippen molar-refractivity contribution < 1.29 is 46.1 Å². The lowest BCUT2D eigenvalue weighted by molar-refractivity contribution is -0.150. The summed E-state index contributed by atoms with van der Waals surface area (Å²) in [4.78, 5) is 9.06. The van der Waals surface area contributed by atoms with Crippen LogP contribution in [-0.4, -0.2) is 58.9 Å². The van der Waals surface area contributed by atoms with Gasteiger partial charge in [-0.25, -0.2) is 9.80 Å². The number of carboxylic acid groups (broad SMARTS) is 1.